The third kappa shape index (κ3) is 13.6. The zero-order valence-corrected chi connectivity index (χ0v) is 77.5. The first-order valence-corrected chi connectivity index (χ1v) is 47.7. The van der Waals surface area contributed by atoms with E-state index in [9.17, 15) is 0 Å². The Balaban J connectivity index is 0.000000109. The van der Waals surface area contributed by atoms with Crippen molar-refractivity contribution >= 4 is 106 Å². The van der Waals surface area contributed by atoms with Crippen LogP contribution in [0.4, 0.5) is 44.7 Å². The molecular weight excluding hydrogens is 1730 g/mol. The first-order valence-electron chi connectivity index (χ1n) is 47.7. The molecule has 0 N–H and O–H groups in total. The topological polar surface area (TPSA) is 123 Å². The Hall–Kier alpha value is -18.4. The lowest BCUT2D eigenvalue weighted by Crippen LogP contribution is -2.23. The van der Waals surface area contributed by atoms with Gasteiger partial charge >= 0.3 is 0 Å². The highest BCUT2D eigenvalue weighted by atomic mass is 19.1. The Morgan fingerprint density at radius 2 is 0.688 bits per heavy atom. The van der Waals surface area contributed by atoms with Gasteiger partial charge in [-0.05, 0) is 140 Å². The lowest BCUT2D eigenvalue weighted by molar-refractivity contribution is 0.620. The molecule has 668 valence electrons. The Labute approximate surface area is 814 Å². The molecule has 9 heterocycles. The second kappa shape index (κ2) is 33.5. The zero-order chi connectivity index (χ0) is 94.1. The van der Waals surface area contributed by atoms with Crippen molar-refractivity contribution in [3.8, 4) is 113 Å². The molecule has 0 radical (unpaired) electrons. The van der Waals surface area contributed by atoms with Crippen molar-refractivity contribution < 1.29 is 8.81 Å². The molecule has 141 heavy (non-hydrogen) atoms. The van der Waals surface area contributed by atoms with Crippen LogP contribution in [0.1, 0.15) is 61.1 Å². The van der Waals surface area contributed by atoms with Crippen molar-refractivity contribution in [3.05, 3.63) is 494 Å². The SMILES string of the molecule is CC1(C)C2=C(c3ccccc31)N(c1nc(-c3ccccc3)nc(-c3ccccc3)n1)C1=C(c3ccccc32)C(C)(C)c2ccccc21.Fc1cc(-c2ccccc2)ccc1-n1c2c(c3ccccc31)-c1cc3ccccc3cc1N(c1ccccc1)c1ccncc1-2.c1ccc(-c2nc(-c3ccccc3)nc(N3c4ccccc4-c4c(c5ccccc5n4-c4ccccc4)-c4oc5ccccc5c43)n2)cc1. The minimum absolute atomic E-state index is 0.263. The molecule has 0 spiro atoms. The molecule has 23 aromatic rings. The summed E-state index contributed by atoms with van der Waals surface area (Å²) in [7, 11) is 0. The highest BCUT2D eigenvalue weighted by Crippen LogP contribution is 2.64. The van der Waals surface area contributed by atoms with Gasteiger partial charge < -0.3 is 18.5 Å². The molecule has 0 amide bonds. The maximum absolute atomic E-state index is 16.5. The van der Waals surface area contributed by atoms with Crippen molar-refractivity contribution in [2.24, 2.45) is 0 Å². The average molecular weight is 1820 g/mol. The maximum Gasteiger partial charge on any atom is 0.238 e. The molecule has 17 aromatic carbocycles. The summed E-state index contributed by atoms with van der Waals surface area (Å²) >= 11 is 0. The van der Waals surface area contributed by atoms with E-state index < -0.39 is 0 Å². The van der Waals surface area contributed by atoms with Gasteiger partial charge in [0, 0.05) is 106 Å². The van der Waals surface area contributed by atoms with Gasteiger partial charge in [0.25, 0.3) is 0 Å². The minimum Gasteiger partial charge on any atom is -0.454 e. The van der Waals surface area contributed by atoms with Crippen LogP contribution in [-0.4, -0.2) is 44.0 Å². The van der Waals surface area contributed by atoms with Crippen molar-refractivity contribution in [2.75, 3.05) is 14.7 Å². The van der Waals surface area contributed by atoms with E-state index in [0.29, 0.717) is 40.9 Å². The molecule has 0 unspecified atom stereocenters. The predicted octanol–water partition coefficient (Wildman–Crippen LogP) is 32.2. The van der Waals surface area contributed by atoms with Crippen LogP contribution < -0.4 is 14.7 Å². The number of furan rings is 1. The van der Waals surface area contributed by atoms with Crippen LogP contribution in [0, 0.1) is 5.82 Å². The van der Waals surface area contributed by atoms with Crippen LogP contribution in [0.25, 0.3) is 179 Å². The molecule has 0 saturated carbocycles. The van der Waals surface area contributed by atoms with Crippen LogP contribution >= 0.6 is 0 Å². The third-order valence-corrected chi connectivity index (χ3v) is 28.3. The van der Waals surface area contributed by atoms with Gasteiger partial charge in [0.1, 0.15) is 17.1 Å². The van der Waals surface area contributed by atoms with Gasteiger partial charge in [-0.15, -0.1) is 0 Å². The fourth-order valence-electron chi connectivity index (χ4n) is 22.1. The highest BCUT2D eigenvalue weighted by Gasteiger charge is 2.51. The lowest BCUT2D eigenvalue weighted by Gasteiger charge is -2.29. The number of fused-ring (bicyclic) bond motifs is 24. The number of hydrogen-bond donors (Lipinski definition) is 0. The molecule has 28 rings (SSSR count). The normalized spacial score (nSPS) is 13.6. The Bertz CT molecular complexity index is 8790. The van der Waals surface area contributed by atoms with Gasteiger partial charge in [-0.3, -0.25) is 14.8 Å². The third-order valence-electron chi connectivity index (χ3n) is 28.3. The summed E-state index contributed by atoms with van der Waals surface area (Å²) < 4.78 is 27.8. The number of nitrogens with zero attached hydrogens (tertiary/aromatic N) is 12. The number of aromatic nitrogens is 9. The van der Waals surface area contributed by atoms with Crippen LogP contribution in [0.15, 0.2) is 460 Å². The summed E-state index contributed by atoms with van der Waals surface area (Å²) in [5.74, 6) is 4.09. The molecule has 3 aliphatic heterocycles. The van der Waals surface area contributed by atoms with Crippen LogP contribution in [0.2, 0.25) is 0 Å². The molecule has 0 bridgehead atoms. The first-order chi connectivity index (χ1) is 69.4. The van der Waals surface area contributed by atoms with E-state index in [0.717, 1.165) is 167 Å². The fourth-order valence-corrected chi connectivity index (χ4v) is 22.1. The van der Waals surface area contributed by atoms with E-state index in [1.54, 1.807) is 6.07 Å². The molecule has 0 atom stereocenters. The monoisotopic (exact) mass is 1810 g/mol. The number of benzene rings is 17. The van der Waals surface area contributed by atoms with E-state index >= 15 is 4.39 Å². The Kier molecular flexibility index (Phi) is 19.8. The number of allylic oxidation sites excluding steroid dienone is 2. The number of hydrogen-bond acceptors (Lipinski definition) is 11. The Morgan fingerprint density at radius 3 is 1.23 bits per heavy atom. The smallest absolute Gasteiger partial charge is 0.238 e. The zero-order valence-electron chi connectivity index (χ0n) is 77.5. The fraction of sp³-hybridized carbons (Fsp3) is 0.0472. The van der Waals surface area contributed by atoms with Gasteiger partial charge in [0.15, 0.2) is 29.1 Å². The van der Waals surface area contributed by atoms with E-state index in [1.165, 1.54) is 44.5 Å². The standard InChI is InChI=1S/C43H27N5O.C43H34N4.C41H26FN3/c1-4-16-28(17-5-1)41-44-42(29-18-6-2-7-19-29)46-43(45-41)48-35-26-14-11-23-32(35)38-37(40-39(48)33-24-12-15-27-36(33)49-40)31-22-10-13-25-34(31)47(38)30-20-8-3-9-21-30;1-42(2)33-25-15-13-23-31(33)37-35(42)29-21-11-12-22-30(29)36-38(32-24-14-16-26-34(32)43(36,3)4)47(37)41-45-39(27-17-7-5-8-18-27)44-40(46-41)28-19-9-6-10-20-28;42-35-24-30(27-11-3-1-4-12-27)19-20-38(35)45-36-18-10-9-17-32(36)40-33-23-28-13-7-8-14-29(28)25-39(33)44(31-15-5-2-6-16-31)37-21-22-43-26-34(37)41(40)45/h1-27H;5-26H,1-4H3;1-26H. The molecule has 0 fully saturated rings. The molecule has 14 heteroatoms. The molecule has 5 aliphatic rings. The highest BCUT2D eigenvalue weighted by molar-refractivity contribution is 6.22. The minimum atomic E-state index is -0.284. The molecular formula is C127H87FN12O. The van der Waals surface area contributed by atoms with Gasteiger partial charge in [0.2, 0.25) is 11.9 Å². The summed E-state index contributed by atoms with van der Waals surface area (Å²) in [6.07, 6.45) is 3.75. The summed E-state index contributed by atoms with van der Waals surface area (Å²) in [4.78, 5) is 42.7. The predicted molar refractivity (Wildman–Crippen MR) is 572 cm³/mol. The largest absolute Gasteiger partial charge is 0.454 e. The van der Waals surface area contributed by atoms with Crippen molar-refractivity contribution in [1.29, 1.82) is 0 Å². The number of halogens is 1. The maximum atomic E-state index is 16.5. The molecule has 2 aliphatic carbocycles. The number of para-hydroxylation sites is 6. The van der Waals surface area contributed by atoms with Crippen LogP contribution in [0.3, 0.4) is 0 Å². The van der Waals surface area contributed by atoms with E-state index in [1.807, 2.05) is 176 Å². The van der Waals surface area contributed by atoms with Crippen molar-refractivity contribution in [2.45, 2.75) is 38.5 Å². The number of pyridine rings is 1. The van der Waals surface area contributed by atoms with Crippen molar-refractivity contribution in [1.82, 2.24) is 44.0 Å². The average Bonchev–Trinajstić information content (AvgIpc) is 1.52. The van der Waals surface area contributed by atoms with E-state index in [4.69, 9.17) is 34.3 Å². The molecule has 13 nitrogen and oxygen atoms in total. The molecule has 0 saturated heterocycles. The molecule has 6 aromatic heterocycles. The van der Waals surface area contributed by atoms with Crippen LogP contribution in [-0.2, 0) is 10.8 Å². The summed E-state index contributed by atoms with van der Waals surface area (Å²) in [6, 6.07) is 153. The quantitative estimate of drug-likeness (QED) is 0.130. The second-order valence-corrected chi connectivity index (χ2v) is 37.1. The van der Waals surface area contributed by atoms with Gasteiger partial charge in [-0.2, -0.15) is 19.9 Å². The van der Waals surface area contributed by atoms with Gasteiger partial charge in [-0.1, -0.05) is 386 Å². The first kappa shape index (κ1) is 83.2. The Morgan fingerprint density at radius 1 is 0.277 bits per heavy atom. The summed E-state index contributed by atoms with van der Waals surface area (Å²) in [5.41, 5.74) is 33.9. The number of anilines is 7. The van der Waals surface area contributed by atoms with Crippen molar-refractivity contribution in [3.63, 3.8) is 0 Å². The van der Waals surface area contributed by atoms with E-state index in [2.05, 4.69) is 329 Å². The second-order valence-electron chi connectivity index (χ2n) is 37.1. The van der Waals surface area contributed by atoms with Crippen LogP contribution in [0.5, 0.6) is 0 Å². The van der Waals surface area contributed by atoms with E-state index in [-0.39, 0.29) is 16.6 Å². The van der Waals surface area contributed by atoms with Gasteiger partial charge in [0.05, 0.1) is 62.1 Å². The number of rotatable bonds is 10. The summed E-state index contributed by atoms with van der Waals surface area (Å²) in [6.45, 7) is 9.43. The lowest BCUT2D eigenvalue weighted by atomic mass is 9.73. The summed E-state index contributed by atoms with van der Waals surface area (Å²) in [5, 5.41) is 5.43. The van der Waals surface area contributed by atoms with Gasteiger partial charge in [-0.25, -0.2) is 14.4 Å².